The molecule has 1 aromatic heterocycles. The number of aromatic hydroxyl groups is 1. The van der Waals surface area contributed by atoms with Gasteiger partial charge in [0.25, 0.3) is 0 Å². The van der Waals surface area contributed by atoms with Crippen LogP contribution in [0.2, 0.25) is 0 Å². The number of hydrogen-bond acceptors (Lipinski definition) is 3. The Morgan fingerprint density at radius 3 is 2.89 bits per heavy atom. The number of carbonyl (C=O) groups is 1. The first-order valence-corrected chi connectivity index (χ1v) is 7.53. The Morgan fingerprint density at radius 2 is 2.26 bits per heavy atom. The molecular formula is C14H14BrNO2S. The summed E-state index contributed by atoms with van der Waals surface area (Å²) in [7, 11) is 0. The fourth-order valence-corrected chi connectivity index (χ4v) is 2.88. The molecule has 0 bridgehead atoms. The van der Waals surface area contributed by atoms with Crippen LogP contribution in [0.15, 0.2) is 40.2 Å². The van der Waals surface area contributed by atoms with E-state index in [1.54, 1.807) is 29.5 Å². The minimum atomic E-state index is -0.138. The van der Waals surface area contributed by atoms with Crippen LogP contribution < -0.4 is 5.32 Å². The van der Waals surface area contributed by atoms with Gasteiger partial charge in [-0.25, -0.2) is 0 Å². The monoisotopic (exact) mass is 339 g/mol. The lowest BCUT2D eigenvalue weighted by atomic mass is 10.1. The Hall–Kier alpha value is -1.33. The van der Waals surface area contributed by atoms with E-state index >= 15 is 0 Å². The molecule has 1 heterocycles. The number of phenols is 1. The van der Waals surface area contributed by atoms with Gasteiger partial charge < -0.3 is 10.4 Å². The van der Waals surface area contributed by atoms with E-state index in [-0.39, 0.29) is 17.6 Å². The fraction of sp³-hybridized carbons (Fsp3) is 0.214. The minimum absolute atomic E-state index is 0.00616. The Kier molecular flexibility index (Phi) is 4.61. The van der Waals surface area contributed by atoms with Gasteiger partial charge in [-0.05, 0) is 52.0 Å². The molecule has 0 aliphatic rings. The van der Waals surface area contributed by atoms with Crippen molar-refractivity contribution in [2.45, 2.75) is 19.4 Å². The molecule has 0 aliphatic carbocycles. The first kappa shape index (κ1) is 14.1. The fourth-order valence-electron chi connectivity index (χ4n) is 1.67. The van der Waals surface area contributed by atoms with Gasteiger partial charge in [0.05, 0.1) is 10.4 Å². The van der Waals surface area contributed by atoms with Crippen LogP contribution in [0.3, 0.4) is 0 Å². The molecule has 1 atom stereocenters. The summed E-state index contributed by atoms with van der Waals surface area (Å²) in [5, 5.41) is 14.3. The van der Waals surface area contributed by atoms with Crippen LogP contribution in [0.5, 0.6) is 5.75 Å². The molecule has 5 heteroatoms. The summed E-state index contributed by atoms with van der Waals surface area (Å²) in [6, 6.07) is 9.10. The summed E-state index contributed by atoms with van der Waals surface area (Å²) >= 11 is 4.84. The summed E-state index contributed by atoms with van der Waals surface area (Å²) in [5.41, 5.74) is 0.941. The van der Waals surface area contributed by atoms with Crippen LogP contribution in [0, 0.1) is 0 Å². The second-order valence-corrected chi connectivity index (χ2v) is 6.07. The zero-order valence-corrected chi connectivity index (χ0v) is 12.8. The number of benzene rings is 1. The van der Waals surface area contributed by atoms with Crippen LogP contribution in [0.1, 0.15) is 23.3 Å². The van der Waals surface area contributed by atoms with Gasteiger partial charge in [-0.1, -0.05) is 12.1 Å². The van der Waals surface area contributed by atoms with E-state index in [0.29, 0.717) is 11.0 Å². The van der Waals surface area contributed by atoms with E-state index in [0.717, 1.165) is 10.4 Å². The Balaban J connectivity index is 1.95. The van der Waals surface area contributed by atoms with Crippen LogP contribution in [-0.4, -0.2) is 11.0 Å². The molecule has 0 aliphatic heterocycles. The Morgan fingerprint density at radius 1 is 1.47 bits per heavy atom. The maximum Gasteiger partial charge on any atom is 0.228 e. The lowest BCUT2D eigenvalue weighted by Crippen LogP contribution is -2.27. The summed E-state index contributed by atoms with van der Waals surface area (Å²) in [6.07, 6.45) is 0. The zero-order chi connectivity index (χ0) is 13.8. The van der Waals surface area contributed by atoms with E-state index in [2.05, 4.69) is 21.2 Å². The molecule has 3 nitrogen and oxygen atoms in total. The highest BCUT2D eigenvalue weighted by Crippen LogP contribution is 2.24. The second kappa shape index (κ2) is 6.21. The van der Waals surface area contributed by atoms with Gasteiger partial charge in [-0.3, -0.25) is 4.79 Å². The van der Waals surface area contributed by atoms with Crippen LogP contribution in [-0.2, 0) is 11.3 Å². The van der Waals surface area contributed by atoms with Crippen LogP contribution in [0.4, 0.5) is 0 Å². The molecule has 1 amide bonds. The molecule has 2 aromatic rings. The van der Waals surface area contributed by atoms with Gasteiger partial charge in [0, 0.05) is 11.4 Å². The summed E-state index contributed by atoms with van der Waals surface area (Å²) in [6.45, 7) is 2.35. The predicted octanol–water partition coefficient (Wildman–Crippen LogP) is 3.64. The van der Waals surface area contributed by atoms with Gasteiger partial charge in [0.1, 0.15) is 5.75 Å². The quantitative estimate of drug-likeness (QED) is 0.893. The molecule has 19 heavy (non-hydrogen) atoms. The highest BCUT2D eigenvalue weighted by atomic mass is 79.9. The lowest BCUT2D eigenvalue weighted by molar-refractivity contribution is -0.122. The minimum Gasteiger partial charge on any atom is -0.507 e. The number of amides is 1. The van der Waals surface area contributed by atoms with Gasteiger partial charge in [-0.2, -0.15) is 0 Å². The number of nitrogens with one attached hydrogen (secondary N) is 1. The SMILES string of the molecule is CC(C(=O)NCc1ccc(O)c(Br)c1)c1cccs1. The number of halogens is 1. The maximum absolute atomic E-state index is 12.0. The van der Waals surface area contributed by atoms with Gasteiger partial charge in [0.15, 0.2) is 0 Å². The Labute approximate surface area is 124 Å². The van der Waals surface area contributed by atoms with Gasteiger partial charge in [-0.15, -0.1) is 11.3 Å². The molecule has 2 N–H and O–H groups in total. The third-order valence-corrected chi connectivity index (χ3v) is 4.53. The average Bonchev–Trinajstić information content (AvgIpc) is 2.93. The normalized spacial score (nSPS) is 12.1. The molecule has 100 valence electrons. The molecule has 1 aromatic carbocycles. The highest BCUT2D eigenvalue weighted by molar-refractivity contribution is 9.10. The van der Waals surface area contributed by atoms with Crippen molar-refractivity contribution in [2.75, 3.05) is 0 Å². The first-order chi connectivity index (χ1) is 9.08. The molecule has 1 unspecified atom stereocenters. The maximum atomic E-state index is 12.0. The molecule has 0 spiro atoms. The van der Waals surface area contributed by atoms with E-state index in [1.807, 2.05) is 24.4 Å². The molecule has 0 radical (unpaired) electrons. The summed E-state index contributed by atoms with van der Waals surface area (Å²) < 4.78 is 0.630. The second-order valence-electron chi connectivity index (χ2n) is 4.24. The van der Waals surface area contributed by atoms with Crippen molar-refractivity contribution in [3.63, 3.8) is 0 Å². The van der Waals surface area contributed by atoms with Gasteiger partial charge >= 0.3 is 0 Å². The smallest absolute Gasteiger partial charge is 0.228 e. The number of hydrogen-bond donors (Lipinski definition) is 2. The van der Waals surface area contributed by atoms with E-state index in [1.165, 1.54) is 0 Å². The van der Waals surface area contributed by atoms with Crippen molar-refractivity contribution >= 4 is 33.2 Å². The predicted molar refractivity (Wildman–Crippen MR) is 80.4 cm³/mol. The number of carbonyl (C=O) groups excluding carboxylic acids is 1. The van der Waals surface area contributed by atoms with Crippen molar-refractivity contribution in [3.05, 3.63) is 50.6 Å². The van der Waals surface area contributed by atoms with Crippen molar-refractivity contribution in [2.24, 2.45) is 0 Å². The molecular weight excluding hydrogens is 326 g/mol. The van der Waals surface area contributed by atoms with Crippen molar-refractivity contribution in [1.82, 2.24) is 5.32 Å². The van der Waals surface area contributed by atoms with E-state index in [9.17, 15) is 9.90 Å². The van der Waals surface area contributed by atoms with E-state index < -0.39 is 0 Å². The standard InChI is InChI=1S/C14H14BrNO2S/c1-9(13-3-2-6-19-13)14(18)16-8-10-4-5-12(17)11(15)7-10/h2-7,9,17H,8H2,1H3,(H,16,18). The molecule has 0 fully saturated rings. The number of thiophene rings is 1. The van der Waals surface area contributed by atoms with Crippen molar-refractivity contribution in [1.29, 1.82) is 0 Å². The van der Waals surface area contributed by atoms with Crippen molar-refractivity contribution in [3.8, 4) is 5.75 Å². The van der Waals surface area contributed by atoms with Crippen molar-refractivity contribution < 1.29 is 9.90 Å². The van der Waals surface area contributed by atoms with Gasteiger partial charge in [0.2, 0.25) is 5.91 Å². The zero-order valence-electron chi connectivity index (χ0n) is 10.4. The number of rotatable bonds is 4. The highest BCUT2D eigenvalue weighted by Gasteiger charge is 2.15. The Bertz CT molecular complexity index is 569. The summed E-state index contributed by atoms with van der Waals surface area (Å²) in [4.78, 5) is 13.1. The summed E-state index contributed by atoms with van der Waals surface area (Å²) in [5.74, 6) is 0.0641. The third-order valence-electron chi connectivity index (χ3n) is 2.84. The number of phenolic OH excluding ortho intramolecular Hbond substituents is 1. The third kappa shape index (κ3) is 3.58. The van der Waals surface area contributed by atoms with Crippen LogP contribution >= 0.6 is 27.3 Å². The molecule has 2 rings (SSSR count). The molecule has 0 saturated heterocycles. The lowest BCUT2D eigenvalue weighted by Gasteiger charge is -2.11. The molecule has 0 saturated carbocycles. The topological polar surface area (TPSA) is 49.3 Å². The van der Waals surface area contributed by atoms with Crippen LogP contribution in [0.25, 0.3) is 0 Å². The largest absolute Gasteiger partial charge is 0.507 e. The first-order valence-electron chi connectivity index (χ1n) is 5.86. The average molecular weight is 340 g/mol. The van der Waals surface area contributed by atoms with E-state index in [4.69, 9.17) is 0 Å².